The molecule has 20 heavy (non-hydrogen) atoms. The Bertz CT molecular complexity index is 547. The van der Waals surface area contributed by atoms with Crippen molar-refractivity contribution in [2.45, 2.75) is 38.3 Å². The average Bonchev–Trinajstić information content (AvgIpc) is 3.11. The highest BCUT2D eigenvalue weighted by Crippen LogP contribution is 2.35. The van der Waals surface area contributed by atoms with E-state index in [0.717, 1.165) is 12.1 Å². The second kappa shape index (κ2) is 5.80. The van der Waals surface area contributed by atoms with Gasteiger partial charge in [-0.25, -0.2) is 4.98 Å². The number of hydrogen-bond acceptors (Lipinski definition) is 4. The van der Waals surface area contributed by atoms with Crippen molar-refractivity contribution in [3.63, 3.8) is 0 Å². The number of hydrogen-bond donors (Lipinski definition) is 1. The highest BCUT2D eigenvalue weighted by molar-refractivity contribution is 7.18. The molecule has 2 aromatic rings. The number of nitrogens with two attached hydrogens (primary N) is 1. The molecule has 1 aliphatic rings. The van der Waals surface area contributed by atoms with Crippen LogP contribution in [0, 0.1) is 5.92 Å². The molecule has 2 N–H and O–H groups in total. The summed E-state index contributed by atoms with van der Waals surface area (Å²) in [7, 11) is 2.23. The molecule has 0 bridgehead atoms. The minimum atomic E-state index is 0.365. The minimum Gasteiger partial charge on any atom is -0.330 e. The Balaban J connectivity index is 1.82. The Morgan fingerprint density at radius 3 is 2.95 bits per heavy atom. The van der Waals surface area contributed by atoms with Crippen molar-refractivity contribution >= 4 is 21.6 Å². The Hall–Kier alpha value is -0.970. The monoisotopic (exact) mass is 289 g/mol. The first-order valence-corrected chi connectivity index (χ1v) is 8.30. The molecule has 0 spiro atoms. The third-order valence-corrected chi connectivity index (χ3v) is 5.93. The van der Waals surface area contributed by atoms with Gasteiger partial charge in [-0.05, 0) is 51.4 Å². The van der Waals surface area contributed by atoms with Gasteiger partial charge in [0.25, 0.3) is 0 Å². The van der Waals surface area contributed by atoms with E-state index < -0.39 is 0 Å². The fourth-order valence-corrected chi connectivity index (χ4v) is 4.43. The van der Waals surface area contributed by atoms with Gasteiger partial charge in [-0.2, -0.15) is 0 Å². The Morgan fingerprint density at radius 2 is 2.20 bits per heavy atom. The fraction of sp³-hybridized carbons (Fsp3) is 0.562. The van der Waals surface area contributed by atoms with Crippen molar-refractivity contribution in [2.75, 3.05) is 13.6 Å². The summed E-state index contributed by atoms with van der Waals surface area (Å²) in [5.74, 6) is 0.650. The minimum absolute atomic E-state index is 0.365. The van der Waals surface area contributed by atoms with Crippen molar-refractivity contribution in [2.24, 2.45) is 11.7 Å². The van der Waals surface area contributed by atoms with Crippen LogP contribution in [0.25, 0.3) is 10.2 Å². The number of thiazole rings is 1. The zero-order valence-corrected chi connectivity index (χ0v) is 13.1. The number of aromatic nitrogens is 1. The average molecular weight is 289 g/mol. The molecule has 3 nitrogen and oxygen atoms in total. The molecule has 1 heterocycles. The molecule has 4 heteroatoms. The van der Waals surface area contributed by atoms with E-state index in [0.29, 0.717) is 18.0 Å². The van der Waals surface area contributed by atoms with E-state index in [1.54, 1.807) is 0 Å². The molecule has 1 saturated carbocycles. The quantitative estimate of drug-likeness (QED) is 0.938. The molecule has 0 saturated heterocycles. The van der Waals surface area contributed by atoms with Gasteiger partial charge in [-0.15, -0.1) is 11.3 Å². The van der Waals surface area contributed by atoms with Crippen LogP contribution in [0.5, 0.6) is 0 Å². The molecule has 1 aliphatic carbocycles. The summed E-state index contributed by atoms with van der Waals surface area (Å²) in [5.41, 5.74) is 7.04. The van der Waals surface area contributed by atoms with Gasteiger partial charge < -0.3 is 5.73 Å². The van der Waals surface area contributed by atoms with Crippen molar-refractivity contribution in [1.82, 2.24) is 9.88 Å². The molecule has 108 valence electrons. The smallest absolute Gasteiger partial charge is 0.111 e. The molecule has 0 aliphatic heterocycles. The van der Waals surface area contributed by atoms with E-state index in [-0.39, 0.29) is 0 Å². The predicted octanol–water partition coefficient (Wildman–Crippen LogP) is 3.42. The zero-order valence-electron chi connectivity index (χ0n) is 12.2. The van der Waals surface area contributed by atoms with Crippen molar-refractivity contribution in [3.05, 3.63) is 29.3 Å². The normalized spacial score (nSPS) is 24.6. The van der Waals surface area contributed by atoms with Gasteiger partial charge in [0, 0.05) is 6.04 Å². The molecule has 1 aromatic carbocycles. The lowest BCUT2D eigenvalue weighted by molar-refractivity contribution is 0.152. The van der Waals surface area contributed by atoms with Gasteiger partial charge in [0.1, 0.15) is 5.01 Å². The SMILES string of the molecule is CC(c1nc2ccccc2s1)N(C)C1CCCC1CN. The van der Waals surface area contributed by atoms with E-state index in [2.05, 4.69) is 43.1 Å². The number of para-hydroxylation sites is 1. The van der Waals surface area contributed by atoms with Crippen LogP contribution in [0.2, 0.25) is 0 Å². The van der Waals surface area contributed by atoms with Crippen LogP contribution >= 0.6 is 11.3 Å². The van der Waals surface area contributed by atoms with Crippen LogP contribution in [-0.2, 0) is 0 Å². The van der Waals surface area contributed by atoms with E-state index >= 15 is 0 Å². The number of fused-ring (bicyclic) bond motifs is 1. The first kappa shape index (κ1) is 14.0. The Labute approximate surface area is 124 Å². The highest BCUT2D eigenvalue weighted by atomic mass is 32.1. The summed E-state index contributed by atoms with van der Waals surface area (Å²) >= 11 is 1.82. The molecule has 0 amide bonds. The predicted molar refractivity (Wildman–Crippen MR) is 86.0 cm³/mol. The third-order valence-electron chi connectivity index (χ3n) is 4.72. The first-order valence-electron chi connectivity index (χ1n) is 7.48. The molecular weight excluding hydrogens is 266 g/mol. The number of benzene rings is 1. The maximum atomic E-state index is 5.92. The first-order chi connectivity index (χ1) is 9.70. The Morgan fingerprint density at radius 1 is 1.40 bits per heavy atom. The van der Waals surface area contributed by atoms with Gasteiger partial charge in [-0.1, -0.05) is 18.6 Å². The second-order valence-corrected chi connectivity index (χ2v) is 6.92. The van der Waals surface area contributed by atoms with E-state index in [1.165, 1.54) is 29.0 Å². The lowest BCUT2D eigenvalue weighted by Gasteiger charge is -2.33. The molecule has 3 unspecified atom stereocenters. The maximum Gasteiger partial charge on any atom is 0.111 e. The summed E-state index contributed by atoms with van der Waals surface area (Å²) < 4.78 is 1.28. The van der Waals surface area contributed by atoms with Crippen LogP contribution in [0.15, 0.2) is 24.3 Å². The third kappa shape index (κ3) is 2.48. The topological polar surface area (TPSA) is 42.2 Å². The van der Waals surface area contributed by atoms with Gasteiger partial charge in [-0.3, -0.25) is 4.90 Å². The van der Waals surface area contributed by atoms with Crippen molar-refractivity contribution < 1.29 is 0 Å². The van der Waals surface area contributed by atoms with Gasteiger partial charge in [0.05, 0.1) is 16.3 Å². The second-order valence-electron chi connectivity index (χ2n) is 5.86. The van der Waals surface area contributed by atoms with Gasteiger partial charge in [0.15, 0.2) is 0 Å². The summed E-state index contributed by atoms with van der Waals surface area (Å²) in [4.78, 5) is 7.29. The van der Waals surface area contributed by atoms with Gasteiger partial charge >= 0.3 is 0 Å². The maximum absolute atomic E-state index is 5.92. The molecule has 0 radical (unpaired) electrons. The van der Waals surface area contributed by atoms with Crippen LogP contribution in [-0.4, -0.2) is 29.5 Å². The van der Waals surface area contributed by atoms with Crippen LogP contribution < -0.4 is 5.73 Å². The fourth-order valence-electron chi connectivity index (χ4n) is 3.36. The number of nitrogens with zero attached hydrogens (tertiary/aromatic N) is 2. The van der Waals surface area contributed by atoms with Crippen LogP contribution in [0.1, 0.15) is 37.2 Å². The van der Waals surface area contributed by atoms with Crippen molar-refractivity contribution in [3.8, 4) is 0 Å². The summed E-state index contributed by atoms with van der Waals surface area (Å²) in [5, 5.41) is 1.22. The molecule has 3 atom stereocenters. The summed E-state index contributed by atoms with van der Waals surface area (Å²) in [6.07, 6.45) is 3.86. The van der Waals surface area contributed by atoms with E-state index in [9.17, 15) is 0 Å². The molecule has 1 aromatic heterocycles. The van der Waals surface area contributed by atoms with Crippen LogP contribution in [0.3, 0.4) is 0 Å². The summed E-state index contributed by atoms with van der Waals surface area (Å²) in [6, 6.07) is 9.37. The van der Waals surface area contributed by atoms with E-state index in [4.69, 9.17) is 10.7 Å². The molecule has 1 fully saturated rings. The Kier molecular flexibility index (Phi) is 4.06. The van der Waals surface area contributed by atoms with Crippen LogP contribution in [0.4, 0.5) is 0 Å². The number of rotatable bonds is 4. The lowest BCUT2D eigenvalue weighted by Crippen LogP contribution is -2.39. The summed E-state index contributed by atoms with van der Waals surface area (Å²) in [6.45, 7) is 3.07. The largest absolute Gasteiger partial charge is 0.330 e. The molecule has 3 rings (SSSR count). The zero-order chi connectivity index (χ0) is 14.1. The molecular formula is C16H23N3S. The highest BCUT2D eigenvalue weighted by Gasteiger charge is 2.32. The van der Waals surface area contributed by atoms with Crippen molar-refractivity contribution in [1.29, 1.82) is 0 Å². The lowest BCUT2D eigenvalue weighted by atomic mass is 10.0. The van der Waals surface area contributed by atoms with Gasteiger partial charge in [0.2, 0.25) is 0 Å². The standard InChI is InChI=1S/C16H23N3S/c1-11(19(2)14-8-5-6-12(14)10-17)16-18-13-7-3-4-9-15(13)20-16/h3-4,7,9,11-12,14H,5-6,8,10,17H2,1-2H3. The van der Waals surface area contributed by atoms with E-state index in [1.807, 2.05) is 11.3 Å².